The van der Waals surface area contributed by atoms with Crippen molar-refractivity contribution in [3.05, 3.63) is 34.6 Å². The smallest absolute Gasteiger partial charge is 0.338 e. The van der Waals surface area contributed by atoms with Gasteiger partial charge in [-0.2, -0.15) is 0 Å². The molecule has 0 aliphatic heterocycles. The number of nitrogens with two attached hydrogens (primary N) is 1. The van der Waals surface area contributed by atoms with E-state index in [1.807, 2.05) is 0 Å². The molecular formula is C10H12FNO2. The molecule has 14 heavy (non-hydrogen) atoms. The van der Waals surface area contributed by atoms with Gasteiger partial charge < -0.3 is 10.8 Å². The standard InChI is InChI=1S/C10H12FNO2/c1-5-3-8(10(13)14)9(11)4-7(5)6(2)12/h3-4,6H,12H2,1-2H3,(H,13,14). The summed E-state index contributed by atoms with van der Waals surface area (Å²) in [6.45, 7) is 3.44. The minimum absolute atomic E-state index is 0.299. The Morgan fingerprint density at radius 1 is 1.57 bits per heavy atom. The van der Waals surface area contributed by atoms with Crippen molar-refractivity contribution >= 4 is 5.97 Å². The van der Waals surface area contributed by atoms with E-state index in [4.69, 9.17) is 10.8 Å². The summed E-state index contributed by atoms with van der Waals surface area (Å²) in [5.41, 5.74) is 6.61. The van der Waals surface area contributed by atoms with Crippen molar-refractivity contribution < 1.29 is 14.3 Å². The van der Waals surface area contributed by atoms with E-state index in [0.29, 0.717) is 11.1 Å². The first-order valence-corrected chi connectivity index (χ1v) is 4.22. The van der Waals surface area contributed by atoms with Gasteiger partial charge in [-0.25, -0.2) is 9.18 Å². The normalized spacial score (nSPS) is 12.6. The van der Waals surface area contributed by atoms with Gasteiger partial charge in [0, 0.05) is 6.04 Å². The van der Waals surface area contributed by atoms with Gasteiger partial charge in [0.1, 0.15) is 5.82 Å². The Labute approximate surface area is 81.4 Å². The van der Waals surface area contributed by atoms with Crippen molar-refractivity contribution in [3.63, 3.8) is 0 Å². The Balaban J connectivity index is 3.31. The zero-order valence-corrected chi connectivity index (χ0v) is 8.04. The number of hydrogen-bond donors (Lipinski definition) is 2. The summed E-state index contributed by atoms with van der Waals surface area (Å²) in [7, 11) is 0. The Morgan fingerprint density at radius 2 is 2.14 bits per heavy atom. The van der Waals surface area contributed by atoms with E-state index in [1.54, 1.807) is 13.8 Å². The fourth-order valence-corrected chi connectivity index (χ4v) is 1.35. The lowest BCUT2D eigenvalue weighted by Gasteiger charge is -2.10. The molecule has 0 amide bonds. The number of benzene rings is 1. The predicted octanol–water partition coefficient (Wildman–Crippen LogP) is 1.85. The Morgan fingerprint density at radius 3 is 2.57 bits per heavy atom. The second kappa shape index (κ2) is 3.75. The highest BCUT2D eigenvalue weighted by molar-refractivity contribution is 5.88. The van der Waals surface area contributed by atoms with Crippen LogP contribution in [0.5, 0.6) is 0 Å². The average Bonchev–Trinajstić information content (AvgIpc) is 2.07. The molecule has 0 aromatic heterocycles. The van der Waals surface area contributed by atoms with Crippen LogP contribution in [0.25, 0.3) is 0 Å². The van der Waals surface area contributed by atoms with Crippen molar-refractivity contribution in [2.75, 3.05) is 0 Å². The molecule has 1 atom stereocenters. The molecule has 0 bridgehead atoms. The maximum Gasteiger partial charge on any atom is 0.338 e. The van der Waals surface area contributed by atoms with Gasteiger partial charge in [-0.3, -0.25) is 0 Å². The van der Waals surface area contributed by atoms with Gasteiger partial charge in [0.05, 0.1) is 5.56 Å². The second-order valence-corrected chi connectivity index (χ2v) is 3.28. The highest BCUT2D eigenvalue weighted by Gasteiger charge is 2.14. The lowest BCUT2D eigenvalue weighted by atomic mass is 10.00. The monoisotopic (exact) mass is 197 g/mol. The number of carbonyl (C=O) groups is 1. The maximum atomic E-state index is 13.2. The van der Waals surface area contributed by atoms with Crippen LogP contribution in [-0.4, -0.2) is 11.1 Å². The molecule has 0 aliphatic carbocycles. The van der Waals surface area contributed by atoms with Crippen LogP contribution >= 0.6 is 0 Å². The van der Waals surface area contributed by atoms with Crippen LogP contribution < -0.4 is 5.73 Å². The zero-order valence-electron chi connectivity index (χ0n) is 8.04. The Bertz CT molecular complexity index is 375. The van der Waals surface area contributed by atoms with Crippen LogP contribution in [0.3, 0.4) is 0 Å². The third-order valence-electron chi connectivity index (χ3n) is 2.08. The van der Waals surface area contributed by atoms with Crippen molar-refractivity contribution in [1.82, 2.24) is 0 Å². The molecule has 1 rings (SSSR count). The van der Waals surface area contributed by atoms with E-state index in [-0.39, 0.29) is 11.6 Å². The van der Waals surface area contributed by atoms with Crippen LogP contribution in [-0.2, 0) is 0 Å². The average molecular weight is 197 g/mol. The van der Waals surface area contributed by atoms with E-state index in [9.17, 15) is 9.18 Å². The van der Waals surface area contributed by atoms with Crippen LogP contribution in [0, 0.1) is 12.7 Å². The minimum atomic E-state index is -1.26. The Kier molecular flexibility index (Phi) is 2.86. The molecule has 0 aliphatic rings. The minimum Gasteiger partial charge on any atom is -0.478 e. The molecule has 0 spiro atoms. The fraction of sp³-hybridized carbons (Fsp3) is 0.300. The lowest BCUT2D eigenvalue weighted by molar-refractivity contribution is 0.0691. The highest BCUT2D eigenvalue weighted by Crippen LogP contribution is 2.19. The van der Waals surface area contributed by atoms with E-state index < -0.39 is 11.8 Å². The lowest BCUT2D eigenvalue weighted by Crippen LogP contribution is -2.10. The van der Waals surface area contributed by atoms with Crippen molar-refractivity contribution in [2.24, 2.45) is 5.73 Å². The van der Waals surface area contributed by atoms with Crippen LogP contribution in [0.2, 0.25) is 0 Å². The number of aryl methyl sites for hydroxylation is 1. The molecule has 3 nitrogen and oxygen atoms in total. The van der Waals surface area contributed by atoms with Crippen LogP contribution in [0.15, 0.2) is 12.1 Å². The molecule has 1 aromatic rings. The van der Waals surface area contributed by atoms with E-state index >= 15 is 0 Å². The van der Waals surface area contributed by atoms with E-state index in [1.165, 1.54) is 12.1 Å². The zero-order chi connectivity index (χ0) is 10.9. The summed E-state index contributed by atoms with van der Waals surface area (Å²) in [6, 6.07) is 2.19. The largest absolute Gasteiger partial charge is 0.478 e. The van der Waals surface area contributed by atoms with Gasteiger partial charge in [-0.15, -0.1) is 0 Å². The van der Waals surface area contributed by atoms with Gasteiger partial charge in [0.2, 0.25) is 0 Å². The van der Waals surface area contributed by atoms with Crippen molar-refractivity contribution in [1.29, 1.82) is 0 Å². The van der Waals surface area contributed by atoms with Crippen LogP contribution in [0.1, 0.15) is 34.5 Å². The molecule has 1 unspecified atom stereocenters. The molecule has 0 radical (unpaired) electrons. The third kappa shape index (κ3) is 1.90. The summed E-state index contributed by atoms with van der Waals surface area (Å²) in [4.78, 5) is 10.6. The SMILES string of the molecule is Cc1cc(C(=O)O)c(F)cc1C(C)N. The number of rotatable bonds is 2. The number of hydrogen-bond acceptors (Lipinski definition) is 2. The fourth-order valence-electron chi connectivity index (χ4n) is 1.35. The topological polar surface area (TPSA) is 63.3 Å². The van der Waals surface area contributed by atoms with E-state index in [2.05, 4.69) is 0 Å². The molecule has 0 fully saturated rings. The first-order chi connectivity index (χ1) is 6.43. The van der Waals surface area contributed by atoms with E-state index in [0.717, 1.165) is 0 Å². The third-order valence-corrected chi connectivity index (χ3v) is 2.08. The van der Waals surface area contributed by atoms with Gasteiger partial charge in [-0.05, 0) is 37.1 Å². The maximum absolute atomic E-state index is 13.2. The summed E-state index contributed by atoms with van der Waals surface area (Å²) >= 11 is 0. The second-order valence-electron chi connectivity index (χ2n) is 3.28. The predicted molar refractivity (Wildman–Crippen MR) is 50.7 cm³/mol. The first kappa shape index (κ1) is 10.7. The molecule has 3 N–H and O–H groups in total. The molecule has 76 valence electrons. The number of aromatic carboxylic acids is 1. The first-order valence-electron chi connectivity index (χ1n) is 4.22. The summed E-state index contributed by atoms with van der Waals surface area (Å²) < 4.78 is 13.2. The van der Waals surface area contributed by atoms with Crippen molar-refractivity contribution in [3.8, 4) is 0 Å². The van der Waals surface area contributed by atoms with Crippen LogP contribution in [0.4, 0.5) is 4.39 Å². The van der Waals surface area contributed by atoms with Gasteiger partial charge in [0.25, 0.3) is 0 Å². The molecular weight excluding hydrogens is 185 g/mol. The molecule has 0 saturated carbocycles. The number of carboxylic acids is 1. The van der Waals surface area contributed by atoms with Gasteiger partial charge >= 0.3 is 5.97 Å². The quantitative estimate of drug-likeness (QED) is 0.760. The van der Waals surface area contributed by atoms with Gasteiger partial charge in [0.15, 0.2) is 0 Å². The summed E-state index contributed by atoms with van der Waals surface area (Å²) in [5.74, 6) is -2.00. The van der Waals surface area contributed by atoms with Gasteiger partial charge in [-0.1, -0.05) is 0 Å². The number of carboxylic acid groups (broad SMARTS) is 1. The Hall–Kier alpha value is -1.42. The van der Waals surface area contributed by atoms with Crippen molar-refractivity contribution in [2.45, 2.75) is 19.9 Å². The summed E-state index contributed by atoms with van der Waals surface area (Å²) in [5, 5.41) is 8.65. The molecule has 4 heteroatoms. The molecule has 0 heterocycles. The number of halogens is 1. The molecule has 1 aromatic carbocycles. The highest BCUT2D eigenvalue weighted by atomic mass is 19.1. The molecule has 0 saturated heterocycles. The summed E-state index contributed by atoms with van der Waals surface area (Å²) in [6.07, 6.45) is 0.